The minimum absolute atomic E-state index is 0.294. The van der Waals surface area contributed by atoms with Gasteiger partial charge in [0.2, 0.25) is 0 Å². The Hall–Kier alpha value is -2.34. The third-order valence-electron chi connectivity index (χ3n) is 2.15. The second kappa shape index (κ2) is 6.55. The topological polar surface area (TPSA) is 49.3 Å². The molecule has 2 rings (SSSR count). The summed E-state index contributed by atoms with van der Waals surface area (Å²) in [7, 11) is 0. The number of hydrogen-bond acceptors (Lipinski definition) is 3. The Kier molecular flexibility index (Phi) is 4.52. The number of rotatable bonds is 3. The molecule has 6 heteroatoms. The number of aromatic nitrogens is 1. The van der Waals surface area contributed by atoms with Gasteiger partial charge in [0.25, 0.3) is 0 Å². The average molecular weight is 274 g/mol. The number of thiocarbonyl (C=S) groups is 1. The van der Waals surface area contributed by atoms with Crippen LogP contribution in [0.4, 0.5) is 10.1 Å². The van der Waals surface area contributed by atoms with Crippen LogP contribution in [0.15, 0.2) is 53.8 Å². The molecule has 0 spiro atoms. The molecule has 0 unspecified atom stereocenters. The molecular weight excluding hydrogens is 263 g/mol. The van der Waals surface area contributed by atoms with Crippen molar-refractivity contribution >= 4 is 29.2 Å². The van der Waals surface area contributed by atoms with Crippen molar-refractivity contribution in [3.05, 3.63) is 60.2 Å². The summed E-state index contributed by atoms with van der Waals surface area (Å²) in [6.45, 7) is 0. The molecule has 1 aromatic heterocycles. The predicted molar refractivity (Wildman–Crippen MR) is 77.6 cm³/mol. The zero-order valence-electron chi connectivity index (χ0n) is 9.88. The highest BCUT2D eigenvalue weighted by Gasteiger charge is 1.96. The standard InChI is InChI=1S/C13H11FN4S/c14-10-4-6-11(7-5-10)17-13(19)18-16-9-12-3-1-2-8-15-12/h1-9H,(H2,17,18,19)/b16-9+. The van der Waals surface area contributed by atoms with E-state index in [9.17, 15) is 4.39 Å². The molecule has 2 aromatic rings. The van der Waals surface area contributed by atoms with E-state index in [2.05, 4.69) is 20.8 Å². The normalized spacial score (nSPS) is 10.4. The van der Waals surface area contributed by atoms with Crippen molar-refractivity contribution in [2.45, 2.75) is 0 Å². The Morgan fingerprint density at radius 1 is 1.21 bits per heavy atom. The van der Waals surface area contributed by atoms with Crippen molar-refractivity contribution < 1.29 is 4.39 Å². The second-order valence-corrected chi connectivity index (χ2v) is 3.99. The van der Waals surface area contributed by atoms with E-state index in [1.54, 1.807) is 24.5 Å². The van der Waals surface area contributed by atoms with Crippen LogP contribution >= 0.6 is 12.2 Å². The fourth-order valence-corrected chi connectivity index (χ4v) is 1.47. The van der Waals surface area contributed by atoms with Crippen LogP contribution in [-0.4, -0.2) is 16.3 Å². The number of pyridine rings is 1. The number of anilines is 1. The summed E-state index contributed by atoms with van der Waals surface area (Å²) < 4.78 is 12.7. The maximum absolute atomic E-state index is 12.7. The highest BCUT2D eigenvalue weighted by molar-refractivity contribution is 7.80. The smallest absolute Gasteiger partial charge is 0.191 e. The molecule has 0 amide bonds. The first-order valence-electron chi connectivity index (χ1n) is 5.51. The third kappa shape index (κ3) is 4.44. The molecule has 0 atom stereocenters. The van der Waals surface area contributed by atoms with Crippen molar-refractivity contribution in [1.29, 1.82) is 0 Å². The van der Waals surface area contributed by atoms with Gasteiger partial charge < -0.3 is 5.32 Å². The first kappa shape index (κ1) is 13.1. The van der Waals surface area contributed by atoms with Gasteiger partial charge in [0.05, 0.1) is 11.9 Å². The molecule has 0 bridgehead atoms. The number of nitrogens with one attached hydrogen (secondary N) is 2. The lowest BCUT2D eigenvalue weighted by atomic mass is 10.3. The SMILES string of the molecule is Fc1ccc(NC(=S)N/N=C/c2ccccn2)cc1. The van der Waals surface area contributed by atoms with Crippen molar-refractivity contribution in [1.82, 2.24) is 10.4 Å². The summed E-state index contributed by atoms with van der Waals surface area (Å²) in [5, 5.41) is 7.13. The van der Waals surface area contributed by atoms with Gasteiger partial charge in [0, 0.05) is 11.9 Å². The van der Waals surface area contributed by atoms with Crippen molar-refractivity contribution in [3.63, 3.8) is 0 Å². The van der Waals surface area contributed by atoms with E-state index in [1.807, 2.05) is 18.2 Å². The van der Waals surface area contributed by atoms with Gasteiger partial charge in [-0.25, -0.2) is 4.39 Å². The first-order valence-corrected chi connectivity index (χ1v) is 5.91. The van der Waals surface area contributed by atoms with Crippen molar-refractivity contribution in [2.75, 3.05) is 5.32 Å². The van der Waals surface area contributed by atoms with E-state index in [-0.39, 0.29) is 5.82 Å². The van der Waals surface area contributed by atoms with Gasteiger partial charge in [-0.1, -0.05) is 6.07 Å². The summed E-state index contributed by atoms with van der Waals surface area (Å²) in [5.74, 6) is -0.294. The lowest BCUT2D eigenvalue weighted by Crippen LogP contribution is -2.23. The van der Waals surface area contributed by atoms with Crippen LogP contribution in [0.25, 0.3) is 0 Å². The van der Waals surface area contributed by atoms with E-state index >= 15 is 0 Å². The predicted octanol–water partition coefficient (Wildman–Crippen LogP) is 2.54. The van der Waals surface area contributed by atoms with Crippen LogP contribution in [0.3, 0.4) is 0 Å². The van der Waals surface area contributed by atoms with Crippen LogP contribution in [0.1, 0.15) is 5.69 Å². The number of hydrogen-bond donors (Lipinski definition) is 2. The van der Waals surface area contributed by atoms with Crippen LogP contribution in [-0.2, 0) is 0 Å². The van der Waals surface area contributed by atoms with Gasteiger partial charge >= 0.3 is 0 Å². The Bertz CT molecular complexity index is 569. The number of halogens is 1. The highest BCUT2D eigenvalue weighted by Crippen LogP contribution is 2.07. The Morgan fingerprint density at radius 3 is 2.68 bits per heavy atom. The van der Waals surface area contributed by atoms with Crippen molar-refractivity contribution in [2.24, 2.45) is 5.10 Å². The fourth-order valence-electron chi connectivity index (χ4n) is 1.30. The van der Waals surface area contributed by atoms with Gasteiger partial charge in [0.15, 0.2) is 5.11 Å². The quantitative estimate of drug-likeness (QED) is 0.513. The Balaban J connectivity index is 1.85. The molecule has 0 aliphatic heterocycles. The lowest BCUT2D eigenvalue weighted by Gasteiger charge is -2.06. The van der Waals surface area contributed by atoms with Gasteiger partial charge in [-0.3, -0.25) is 10.4 Å². The zero-order chi connectivity index (χ0) is 13.5. The summed E-state index contributed by atoms with van der Waals surface area (Å²) in [6.07, 6.45) is 3.23. The molecule has 1 aromatic carbocycles. The van der Waals surface area contributed by atoms with Gasteiger partial charge in [0.1, 0.15) is 5.82 Å². The molecule has 0 aliphatic rings. The largest absolute Gasteiger partial charge is 0.331 e. The molecule has 1 heterocycles. The Labute approximate surface area is 115 Å². The summed E-state index contributed by atoms with van der Waals surface area (Å²) in [6, 6.07) is 11.4. The Morgan fingerprint density at radius 2 is 2.00 bits per heavy atom. The average Bonchev–Trinajstić information content (AvgIpc) is 2.43. The summed E-state index contributed by atoms with van der Waals surface area (Å²) in [4.78, 5) is 4.07. The molecule has 0 aliphatic carbocycles. The molecule has 19 heavy (non-hydrogen) atoms. The molecule has 0 saturated carbocycles. The van der Waals surface area contributed by atoms with Crippen molar-refractivity contribution in [3.8, 4) is 0 Å². The minimum Gasteiger partial charge on any atom is -0.331 e. The highest BCUT2D eigenvalue weighted by atomic mass is 32.1. The van der Waals surface area contributed by atoms with Crippen LogP contribution in [0.5, 0.6) is 0 Å². The number of hydrazone groups is 1. The van der Waals surface area contributed by atoms with E-state index in [1.165, 1.54) is 12.1 Å². The third-order valence-corrected chi connectivity index (χ3v) is 2.35. The molecule has 96 valence electrons. The maximum atomic E-state index is 12.7. The van der Waals surface area contributed by atoms with Crippen LogP contribution < -0.4 is 10.7 Å². The number of nitrogens with zero attached hydrogens (tertiary/aromatic N) is 2. The van der Waals surface area contributed by atoms with Crippen LogP contribution in [0.2, 0.25) is 0 Å². The first-order chi connectivity index (χ1) is 9.24. The van der Waals surface area contributed by atoms with E-state index in [0.717, 1.165) is 5.69 Å². The van der Waals surface area contributed by atoms with E-state index in [4.69, 9.17) is 12.2 Å². The maximum Gasteiger partial charge on any atom is 0.191 e. The molecule has 2 N–H and O–H groups in total. The zero-order valence-corrected chi connectivity index (χ0v) is 10.7. The fraction of sp³-hybridized carbons (Fsp3) is 0. The molecule has 0 radical (unpaired) electrons. The lowest BCUT2D eigenvalue weighted by molar-refractivity contribution is 0.628. The monoisotopic (exact) mass is 274 g/mol. The van der Waals surface area contributed by atoms with E-state index < -0.39 is 0 Å². The molecule has 0 saturated heterocycles. The van der Waals surface area contributed by atoms with Gasteiger partial charge in [-0.15, -0.1) is 0 Å². The van der Waals surface area contributed by atoms with Crippen LogP contribution in [0, 0.1) is 5.82 Å². The van der Waals surface area contributed by atoms with E-state index in [0.29, 0.717) is 10.8 Å². The molecule has 0 fully saturated rings. The second-order valence-electron chi connectivity index (χ2n) is 3.59. The number of benzene rings is 1. The van der Waals surface area contributed by atoms with Gasteiger partial charge in [-0.05, 0) is 48.6 Å². The molecular formula is C13H11FN4S. The van der Waals surface area contributed by atoms with Gasteiger partial charge in [-0.2, -0.15) is 5.10 Å². The molecule has 4 nitrogen and oxygen atoms in total. The minimum atomic E-state index is -0.294. The summed E-state index contributed by atoms with van der Waals surface area (Å²) in [5.41, 5.74) is 4.06. The summed E-state index contributed by atoms with van der Waals surface area (Å²) >= 11 is 5.03.